The highest BCUT2D eigenvalue weighted by Crippen LogP contribution is 2.30. The minimum absolute atomic E-state index is 0.116. The van der Waals surface area contributed by atoms with E-state index in [1.165, 1.54) is 12.7 Å². The summed E-state index contributed by atoms with van der Waals surface area (Å²) >= 11 is 0. The highest BCUT2D eigenvalue weighted by atomic mass is 16.6. The first-order valence-electron chi connectivity index (χ1n) is 10.5. The minimum Gasteiger partial charge on any atom is -0.358 e. The van der Waals surface area contributed by atoms with Gasteiger partial charge in [0.1, 0.15) is 6.04 Å². The molecule has 2 aliphatic rings. The second-order valence-corrected chi connectivity index (χ2v) is 7.98. The predicted molar refractivity (Wildman–Crippen MR) is 113 cm³/mol. The predicted octanol–water partition coefficient (Wildman–Crippen LogP) is 2.20. The Bertz CT molecular complexity index is 885. The molecule has 160 valence electrons. The van der Waals surface area contributed by atoms with Gasteiger partial charge in [-0.3, -0.25) is 14.3 Å². The Kier molecular flexibility index (Phi) is 5.98. The first-order valence-corrected chi connectivity index (χ1v) is 10.5. The Morgan fingerprint density at radius 3 is 2.33 bits per heavy atom. The fourth-order valence-electron chi connectivity index (χ4n) is 4.53. The molecule has 0 aliphatic carbocycles. The minimum atomic E-state index is -0.436. The molecule has 0 N–H and O–H groups in total. The number of anilines is 1. The standard InChI is InChI=1S/C21H28N6O3/c1-23-16-22-19(27(29)30)20(23)25-14-12-24(13-15-25)18(17-8-4-2-5-9-17)21(28)26-10-6-3-7-11-26/h2,4-5,8-9,16,18H,3,6-7,10-15H2,1H3. The van der Waals surface area contributed by atoms with Gasteiger partial charge in [0.25, 0.3) is 0 Å². The summed E-state index contributed by atoms with van der Waals surface area (Å²) in [5.41, 5.74) is 1.01. The molecule has 2 fully saturated rings. The molecule has 1 unspecified atom stereocenters. The molecule has 3 heterocycles. The molecule has 1 aromatic carbocycles. The van der Waals surface area contributed by atoms with Gasteiger partial charge in [-0.2, -0.15) is 0 Å². The van der Waals surface area contributed by atoms with Gasteiger partial charge in [0.05, 0.1) is 0 Å². The number of carbonyl (C=O) groups is 1. The Labute approximate surface area is 176 Å². The molecule has 2 aliphatic heterocycles. The number of aromatic nitrogens is 2. The molecule has 2 saturated heterocycles. The number of nitro groups is 1. The fourth-order valence-corrected chi connectivity index (χ4v) is 4.53. The number of hydrogen-bond donors (Lipinski definition) is 0. The maximum atomic E-state index is 13.5. The molecule has 1 atom stereocenters. The van der Waals surface area contributed by atoms with Crippen molar-refractivity contribution in [3.63, 3.8) is 0 Å². The highest BCUT2D eigenvalue weighted by molar-refractivity contribution is 5.83. The third-order valence-electron chi connectivity index (χ3n) is 6.06. The molecule has 30 heavy (non-hydrogen) atoms. The molecule has 9 nitrogen and oxygen atoms in total. The van der Waals surface area contributed by atoms with Crippen LogP contribution in [0.25, 0.3) is 0 Å². The summed E-state index contributed by atoms with van der Waals surface area (Å²) in [5, 5.41) is 11.3. The van der Waals surface area contributed by atoms with Crippen LogP contribution >= 0.6 is 0 Å². The van der Waals surface area contributed by atoms with Crippen LogP contribution in [0.1, 0.15) is 30.9 Å². The monoisotopic (exact) mass is 412 g/mol. The number of rotatable bonds is 5. The van der Waals surface area contributed by atoms with Gasteiger partial charge in [-0.25, -0.2) is 0 Å². The summed E-state index contributed by atoms with van der Waals surface area (Å²) in [6, 6.07) is 9.64. The Hall–Kier alpha value is -2.94. The van der Waals surface area contributed by atoms with Crippen LogP contribution in [0.4, 0.5) is 11.6 Å². The quantitative estimate of drug-likeness (QED) is 0.553. The van der Waals surface area contributed by atoms with E-state index in [0.717, 1.165) is 31.5 Å². The van der Waals surface area contributed by atoms with Crippen molar-refractivity contribution in [2.24, 2.45) is 7.05 Å². The molecular formula is C21H28N6O3. The second kappa shape index (κ2) is 8.83. The zero-order valence-corrected chi connectivity index (χ0v) is 17.3. The van der Waals surface area contributed by atoms with E-state index in [-0.39, 0.29) is 17.8 Å². The van der Waals surface area contributed by atoms with E-state index in [1.54, 1.807) is 11.6 Å². The van der Waals surface area contributed by atoms with Gasteiger partial charge in [0.15, 0.2) is 0 Å². The average molecular weight is 412 g/mol. The van der Waals surface area contributed by atoms with E-state index in [2.05, 4.69) is 9.88 Å². The summed E-state index contributed by atoms with van der Waals surface area (Å²) < 4.78 is 1.70. The Morgan fingerprint density at radius 2 is 1.70 bits per heavy atom. The summed E-state index contributed by atoms with van der Waals surface area (Å²) in [7, 11) is 1.77. The van der Waals surface area contributed by atoms with E-state index in [4.69, 9.17) is 0 Å². The van der Waals surface area contributed by atoms with Crippen LogP contribution in [0.3, 0.4) is 0 Å². The molecule has 1 aromatic heterocycles. The molecular weight excluding hydrogens is 384 g/mol. The molecule has 9 heteroatoms. The summed E-state index contributed by atoms with van der Waals surface area (Å²) in [5.74, 6) is 0.578. The van der Waals surface area contributed by atoms with Crippen molar-refractivity contribution in [2.45, 2.75) is 25.3 Å². The third kappa shape index (κ3) is 4.02. The number of aryl methyl sites for hydroxylation is 1. The van der Waals surface area contributed by atoms with Crippen LogP contribution in [-0.4, -0.2) is 69.4 Å². The molecule has 0 radical (unpaired) electrons. The van der Waals surface area contributed by atoms with Crippen LogP contribution in [0.2, 0.25) is 0 Å². The lowest BCUT2D eigenvalue weighted by atomic mass is 10.0. The lowest BCUT2D eigenvalue weighted by Crippen LogP contribution is -2.52. The van der Waals surface area contributed by atoms with Crippen molar-refractivity contribution in [1.29, 1.82) is 0 Å². The van der Waals surface area contributed by atoms with Crippen molar-refractivity contribution in [1.82, 2.24) is 19.4 Å². The van der Waals surface area contributed by atoms with Gasteiger partial charge < -0.3 is 19.9 Å². The number of imidazole rings is 1. The first kappa shape index (κ1) is 20.3. The van der Waals surface area contributed by atoms with Gasteiger partial charge in [-0.15, -0.1) is 0 Å². The Balaban J connectivity index is 1.53. The van der Waals surface area contributed by atoms with Crippen LogP contribution in [0, 0.1) is 10.1 Å². The van der Waals surface area contributed by atoms with E-state index in [1.807, 2.05) is 40.1 Å². The zero-order chi connectivity index (χ0) is 21.1. The second-order valence-electron chi connectivity index (χ2n) is 7.98. The highest BCUT2D eigenvalue weighted by Gasteiger charge is 2.35. The normalized spacial score (nSPS) is 19.0. The number of carbonyl (C=O) groups excluding carboxylic acids is 1. The van der Waals surface area contributed by atoms with Crippen molar-refractivity contribution >= 4 is 17.5 Å². The van der Waals surface area contributed by atoms with Gasteiger partial charge in [-0.1, -0.05) is 30.3 Å². The number of piperazine rings is 1. The van der Waals surface area contributed by atoms with Crippen LogP contribution in [0.5, 0.6) is 0 Å². The van der Waals surface area contributed by atoms with E-state index in [0.29, 0.717) is 32.0 Å². The third-order valence-corrected chi connectivity index (χ3v) is 6.06. The lowest BCUT2D eigenvalue weighted by molar-refractivity contribution is -0.388. The van der Waals surface area contributed by atoms with E-state index < -0.39 is 4.92 Å². The molecule has 1 amide bonds. The SMILES string of the molecule is Cn1cnc([N+](=O)[O-])c1N1CCN(C(C(=O)N2CCCCC2)c2ccccc2)CC1. The molecule has 0 saturated carbocycles. The summed E-state index contributed by atoms with van der Waals surface area (Å²) in [6.45, 7) is 4.17. The van der Waals surface area contributed by atoms with Crippen LogP contribution < -0.4 is 4.90 Å². The summed E-state index contributed by atoms with van der Waals surface area (Å²) in [6.07, 6.45) is 4.78. The number of amides is 1. The zero-order valence-electron chi connectivity index (χ0n) is 17.3. The van der Waals surface area contributed by atoms with Crippen molar-refractivity contribution in [2.75, 3.05) is 44.2 Å². The first-order chi connectivity index (χ1) is 14.6. The van der Waals surface area contributed by atoms with Gasteiger partial charge in [0, 0.05) is 46.3 Å². The number of likely N-dealkylation sites (tertiary alicyclic amines) is 1. The van der Waals surface area contributed by atoms with Gasteiger partial charge >= 0.3 is 5.82 Å². The van der Waals surface area contributed by atoms with Gasteiger partial charge in [-0.05, 0) is 34.7 Å². The average Bonchev–Trinajstić information content (AvgIpc) is 3.17. The van der Waals surface area contributed by atoms with Crippen LogP contribution in [0.15, 0.2) is 36.7 Å². The molecule has 4 rings (SSSR count). The van der Waals surface area contributed by atoms with Crippen LogP contribution in [-0.2, 0) is 11.8 Å². The molecule has 2 aromatic rings. The van der Waals surface area contributed by atoms with Gasteiger partial charge in [0.2, 0.25) is 18.1 Å². The van der Waals surface area contributed by atoms with Crippen molar-refractivity contribution in [3.8, 4) is 0 Å². The lowest BCUT2D eigenvalue weighted by Gasteiger charge is -2.41. The maximum absolute atomic E-state index is 13.5. The number of piperidine rings is 1. The van der Waals surface area contributed by atoms with Crippen molar-refractivity contribution in [3.05, 3.63) is 52.3 Å². The molecule has 0 spiro atoms. The topological polar surface area (TPSA) is 87.7 Å². The maximum Gasteiger partial charge on any atom is 0.406 e. The summed E-state index contributed by atoms with van der Waals surface area (Å²) in [4.78, 5) is 34.5. The Morgan fingerprint density at radius 1 is 1.03 bits per heavy atom. The number of nitrogens with zero attached hydrogens (tertiary/aromatic N) is 6. The van der Waals surface area contributed by atoms with E-state index in [9.17, 15) is 14.9 Å². The van der Waals surface area contributed by atoms with E-state index >= 15 is 0 Å². The number of benzene rings is 1. The largest absolute Gasteiger partial charge is 0.406 e. The smallest absolute Gasteiger partial charge is 0.358 e. The van der Waals surface area contributed by atoms with Crippen molar-refractivity contribution < 1.29 is 9.72 Å². The molecule has 0 bridgehead atoms. The fraction of sp³-hybridized carbons (Fsp3) is 0.524. The number of hydrogen-bond acceptors (Lipinski definition) is 6.